The van der Waals surface area contributed by atoms with E-state index in [4.69, 9.17) is 11.6 Å². The minimum Gasteiger partial charge on any atom is -0.275 e. The maximum absolute atomic E-state index is 5.70. The number of halogens is 1. The van der Waals surface area contributed by atoms with Gasteiger partial charge in [-0.15, -0.1) is 5.10 Å². The zero-order valence-electron chi connectivity index (χ0n) is 6.98. The van der Waals surface area contributed by atoms with Crippen molar-refractivity contribution in [2.75, 3.05) is 0 Å². The molecule has 13 heavy (non-hydrogen) atoms. The van der Waals surface area contributed by atoms with Gasteiger partial charge in [0.05, 0.1) is 12.4 Å². The first-order chi connectivity index (χ1) is 6.25. The number of aromatic nitrogens is 4. The maximum atomic E-state index is 5.70. The highest BCUT2D eigenvalue weighted by molar-refractivity contribution is 6.29. The maximum Gasteiger partial charge on any atom is 0.152 e. The first kappa shape index (κ1) is 8.19. The Kier molecular flexibility index (Phi) is 1.98. The van der Waals surface area contributed by atoms with E-state index in [-0.39, 0.29) is 0 Å². The summed E-state index contributed by atoms with van der Waals surface area (Å²) in [5.74, 6) is 0. The topological polar surface area (TPSA) is 43.6 Å². The molecule has 2 aromatic rings. The van der Waals surface area contributed by atoms with Crippen molar-refractivity contribution in [1.82, 2.24) is 20.0 Å². The normalized spacial score (nSPS) is 10.3. The van der Waals surface area contributed by atoms with Crippen LogP contribution in [-0.2, 0) is 7.05 Å². The molecule has 0 aliphatic carbocycles. The third-order valence-corrected chi connectivity index (χ3v) is 1.85. The Morgan fingerprint density at radius 3 is 2.77 bits per heavy atom. The van der Waals surface area contributed by atoms with Crippen LogP contribution in [0.25, 0.3) is 11.1 Å². The van der Waals surface area contributed by atoms with Crippen LogP contribution in [-0.4, -0.2) is 20.0 Å². The first-order valence-corrected chi connectivity index (χ1v) is 4.11. The highest BCUT2D eigenvalue weighted by Gasteiger charge is 2.01. The van der Waals surface area contributed by atoms with Gasteiger partial charge in [-0.05, 0) is 6.07 Å². The third-order valence-electron chi connectivity index (χ3n) is 1.66. The number of rotatable bonds is 1. The fourth-order valence-corrected chi connectivity index (χ4v) is 1.23. The fourth-order valence-electron chi connectivity index (χ4n) is 1.07. The first-order valence-electron chi connectivity index (χ1n) is 3.73. The fraction of sp³-hybridized carbons (Fsp3) is 0.125. The van der Waals surface area contributed by atoms with E-state index in [1.54, 1.807) is 23.1 Å². The van der Waals surface area contributed by atoms with Crippen LogP contribution in [0.2, 0.25) is 5.15 Å². The van der Waals surface area contributed by atoms with E-state index < -0.39 is 0 Å². The van der Waals surface area contributed by atoms with Gasteiger partial charge in [0.25, 0.3) is 0 Å². The highest BCUT2D eigenvalue weighted by Crippen LogP contribution is 2.18. The summed E-state index contributed by atoms with van der Waals surface area (Å²) in [4.78, 5) is 0. The molecule has 66 valence electrons. The predicted octanol–water partition coefficient (Wildman–Crippen LogP) is 1.53. The molecule has 0 saturated carbocycles. The number of hydrogen-bond acceptors (Lipinski definition) is 3. The lowest BCUT2D eigenvalue weighted by Crippen LogP contribution is -1.85. The van der Waals surface area contributed by atoms with Crippen molar-refractivity contribution in [3.63, 3.8) is 0 Å². The Bertz CT molecular complexity index is 424. The largest absolute Gasteiger partial charge is 0.275 e. The van der Waals surface area contributed by atoms with Crippen LogP contribution in [0.4, 0.5) is 0 Å². The molecular weight excluding hydrogens is 188 g/mol. The SMILES string of the molecule is Cn1cc(-c2cnnc(Cl)c2)cn1. The molecule has 2 rings (SSSR count). The van der Waals surface area contributed by atoms with Crippen LogP contribution in [0.5, 0.6) is 0 Å². The van der Waals surface area contributed by atoms with Crippen molar-refractivity contribution in [2.24, 2.45) is 7.05 Å². The van der Waals surface area contributed by atoms with Crippen LogP contribution >= 0.6 is 11.6 Å². The summed E-state index contributed by atoms with van der Waals surface area (Å²) in [5, 5.41) is 11.8. The Morgan fingerprint density at radius 1 is 1.31 bits per heavy atom. The molecule has 0 spiro atoms. The van der Waals surface area contributed by atoms with Crippen LogP contribution in [0.15, 0.2) is 24.7 Å². The van der Waals surface area contributed by atoms with Gasteiger partial charge in [0.15, 0.2) is 5.15 Å². The molecule has 0 unspecified atom stereocenters. The Balaban J connectivity index is 2.46. The predicted molar refractivity (Wildman–Crippen MR) is 49.2 cm³/mol. The van der Waals surface area contributed by atoms with Gasteiger partial charge in [0.1, 0.15) is 0 Å². The molecule has 5 heteroatoms. The van der Waals surface area contributed by atoms with E-state index in [0.29, 0.717) is 5.15 Å². The van der Waals surface area contributed by atoms with Crippen molar-refractivity contribution in [1.29, 1.82) is 0 Å². The van der Waals surface area contributed by atoms with E-state index in [2.05, 4.69) is 15.3 Å². The van der Waals surface area contributed by atoms with Crippen molar-refractivity contribution in [3.8, 4) is 11.1 Å². The average Bonchev–Trinajstić information content (AvgIpc) is 2.52. The number of hydrogen-bond donors (Lipinski definition) is 0. The van der Waals surface area contributed by atoms with Gasteiger partial charge < -0.3 is 0 Å². The lowest BCUT2D eigenvalue weighted by atomic mass is 10.2. The second-order valence-electron chi connectivity index (χ2n) is 2.67. The molecule has 4 nitrogen and oxygen atoms in total. The van der Waals surface area contributed by atoms with Gasteiger partial charge in [-0.2, -0.15) is 10.2 Å². The highest BCUT2D eigenvalue weighted by atomic mass is 35.5. The molecule has 2 heterocycles. The molecule has 2 aromatic heterocycles. The second kappa shape index (κ2) is 3.14. The number of aryl methyl sites for hydroxylation is 1. The molecule has 0 N–H and O–H groups in total. The summed E-state index contributed by atoms with van der Waals surface area (Å²) >= 11 is 5.70. The van der Waals surface area contributed by atoms with Crippen LogP contribution in [0, 0.1) is 0 Å². The van der Waals surface area contributed by atoms with Crippen molar-refractivity contribution in [2.45, 2.75) is 0 Å². The lowest BCUT2D eigenvalue weighted by Gasteiger charge is -1.94. The van der Waals surface area contributed by atoms with Crippen molar-refractivity contribution in [3.05, 3.63) is 29.8 Å². The van der Waals surface area contributed by atoms with E-state index in [1.807, 2.05) is 13.2 Å². The Labute approximate surface area is 80.2 Å². The van der Waals surface area contributed by atoms with Gasteiger partial charge in [0, 0.05) is 24.4 Å². The van der Waals surface area contributed by atoms with Gasteiger partial charge in [-0.3, -0.25) is 4.68 Å². The summed E-state index contributed by atoms with van der Waals surface area (Å²) in [5.41, 5.74) is 1.91. The lowest BCUT2D eigenvalue weighted by molar-refractivity contribution is 0.768. The standard InChI is InChI=1S/C8H7ClN4/c1-13-5-7(4-11-13)6-2-8(9)12-10-3-6/h2-5H,1H3. The van der Waals surface area contributed by atoms with Crippen molar-refractivity contribution >= 4 is 11.6 Å². The minimum absolute atomic E-state index is 0.390. The third kappa shape index (κ3) is 1.67. The zero-order chi connectivity index (χ0) is 9.26. The summed E-state index contributed by atoms with van der Waals surface area (Å²) in [6, 6.07) is 1.76. The summed E-state index contributed by atoms with van der Waals surface area (Å²) in [6.07, 6.45) is 5.31. The van der Waals surface area contributed by atoms with Crippen LogP contribution in [0.1, 0.15) is 0 Å². The minimum atomic E-state index is 0.390. The Morgan fingerprint density at radius 2 is 2.15 bits per heavy atom. The average molecular weight is 195 g/mol. The van der Waals surface area contributed by atoms with Crippen molar-refractivity contribution < 1.29 is 0 Å². The molecule has 0 atom stereocenters. The molecule has 0 aliphatic heterocycles. The van der Waals surface area contributed by atoms with Gasteiger partial charge in [0.2, 0.25) is 0 Å². The smallest absolute Gasteiger partial charge is 0.152 e. The molecule has 0 amide bonds. The monoisotopic (exact) mass is 194 g/mol. The van der Waals surface area contributed by atoms with Gasteiger partial charge in [-0.1, -0.05) is 11.6 Å². The van der Waals surface area contributed by atoms with E-state index in [9.17, 15) is 0 Å². The molecule has 0 aromatic carbocycles. The van der Waals surface area contributed by atoms with Gasteiger partial charge in [-0.25, -0.2) is 0 Å². The molecule has 0 bridgehead atoms. The summed E-state index contributed by atoms with van der Waals surface area (Å²) in [7, 11) is 1.86. The summed E-state index contributed by atoms with van der Waals surface area (Å²) in [6.45, 7) is 0. The van der Waals surface area contributed by atoms with Crippen LogP contribution < -0.4 is 0 Å². The molecule has 0 aliphatic rings. The number of nitrogens with zero attached hydrogens (tertiary/aromatic N) is 4. The molecule has 0 radical (unpaired) electrons. The van der Waals surface area contributed by atoms with Gasteiger partial charge >= 0.3 is 0 Å². The van der Waals surface area contributed by atoms with E-state index >= 15 is 0 Å². The van der Waals surface area contributed by atoms with E-state index in [1.165, 1.54) is 0 Å². The van der Waals surface area contributed by atoms with Crippen LogP contribution in [0.3, 0.4) is 0 Å². The Hall–Kier alpha value is -1.42. The molecular formula is C8H7ClN4. The summed E-state index contributed by atoms with van der Waals surface area (Å²) < 4.78 is 1.73. The zero-order valence-corrected chi connectivity index (χ0v) is 7.73. The molecule has 0 saturated heterocycles. The second-order valence-corrected chi connectivity index (χ2v) is 3.06. The molecule has 0 fully saturated rings. The quantitative estimate of drug-likeness (QED) is 0.692. The van der Waals surface area contributed by atoms with E-state index in [0.717, 1.165) is 11.1 Å².